The Balaban J connectivity index is 1.69. The lowest BCUT2D eigenvalue weighted by atomic mass is 10.1. The maximum atomic E-state index is 8.17. The highest BCUT2D eigenvalue weighted by atomic mass is 15.2. The second kappa shape index (κ2) is 5.67. The summed E-state index contributed by atoms with van der Waals surface area (Å²) in [6.45, 7) is 4.72. The van der Waals surface area contributed by atoms with Gasteiger partial charge >= 0.3 is 0 Å². The Morgan fingerprint density at radius 1 is 1.19 bits per heavy atom. The predicted molar refractivity (Wildman–Crippen MR) is 68.0 cm³/mol. The largest absolute Gasteiger partial charge is 0.362 e. The number of nitrogens with zero attached hydrogens (tertiary/aromatic N) is 2. The molecule has 0 amide bonds. The molecule has 2 rings (SSSR count). The summed E-state index contributed by atoms with van der Waals surface area (Å²) in [6.07, 6.45) is 7.87. The number of hydrogen-bond acceptors (Lipinski definition) is 2. The minimum atomic E-state index is 0.559. The van der Waals surface area contributed by atoms with Gasteiger partial charge in [0.2, 0.25) is 0 Å². The normalized spacial score (nSPS) is 22.8. The second-order valence-electron chi connectivity index (χ2n) is 5.34. The van der Waals surface area contributed by atoms with Crippen molar-refractivity contribution in [2.45, 2.75) is 38.5 Å². The van der Waals surface area contributed by atoms with Crippen molar-refractivity contribution in [1.82, 2.24) is 9.80 Å². The van der Waals surface area contributed by atoms with E-state index in [1.165, 1.54) is 51.6 Å². The molecule has 1 aliphatic carbocycles. The van der Waals surface area contributed by atoms with Gasteiger partial charge in [-0.1, -0.05) is 12.8 Å². The summed E-state index contributed by atoms with van der Waals surface area (Å²) < 4.78 is 0. The molecule has 0 aromatic heterocycles. The zero-order valence-corrected chi connectivity index (χ0v) is 10.5. The second-order valence-corrected chi connectivity index (χ2v) is 5.34. The number of nitrogens with one attached hydrogen (secondary N) is 1. The van der Waals surface area contributed by atoms with Gasteiger partial charge in [0.05, 0.1) is 5.84 Å². The fraction of sp³-hybridized carbons (Fsp3) is 0.923. The van der Waals surface area contributed by atoms with Crippen LogP contribution in [-0.2, 0) is 0 Å². The van der Waals surface area contributed by atoms with Gasteiger partial charge in [-0.15, -0.1) is 0 Å². The van der Waals surface area contributed by atoms with E-state index in [1.54, 1.807) is 0 Å². The van der Waals surface area contributed by atoms with Crippen LogP contribution in [0.5, 0.6) is 0 Å². The molecule has 0 aromatic carbocycles. The van der Waals surface area contributed by atoms with Crippen LogP contribution < -0.4 is 0 Å². The maximum absolute atomic E-state index is 8.17. The van der Waals surface area contributed by atoms with Gasteiger partial charge in [0.1, 0.15) is 0 Å². The van der Waals surface area contributed by atoms with Crippen molar-refractivity contribution >= 4 is 5.84 Å². The molecule has 1 heterocycles. The van der Waals surface area contributed by atoms with Crippen LogP contribution >= 0.6 is 0 Å². The van der Waals surface area contributed by atoms with Crippen molar-refractivity contribution < 1.29 is 0 Å². The van der Waals surface area contributed by atoms with E-state index >= 15 is 0 Å². The fourth-order valence-corrected chi connectivity index (χ4v) is 2.93. The molecular weight excluding hydrogens is 198 g/mol. The zero-order chi connectivity index (χ0) is 11.4. The predicted octanol–water partition coefficient (Wildman–Crippen LogP) is 2.18. The maximum Gasteiger partial charge on any atom is 0.0987 e. The van der Waals surface area contributed by atoms with E-state index in [4.69, 9.17) is 5.41 Å². The minimum Gasteiger partial charge on any atom is -0.362 e. The van der Waals surface area contributed by atoms with Crippen LogP contribution in [0.15, 0.2) is 0 Å². The summed E-state index contributed by atoms with van der Waals surface area (Å²) in [5.74, 6) is 1.44. The topological polar surface area (TPSA) is 30.3 Å². The third kappa shape index (κ3) is 2.97. The SMILES string of the molecule is CN(CCN1CCCC1)C(=N)C1CCCC1. The van der Waals surface area contributed by atoms with Gasteiger partial charge in [0, 0.05) is 26.1 Å². The molecule has 1 N–H and O–H groups in total. The molecule has 16 heavy (non-hydrogen) atoms. The van der Waals surface area contributed by atoms with E-state index in [0.29, 0.717) is 5.92 Å². The number of likely N-dealkylation sites (N-methyl/N-ethyl adjacent to an activating group) is 1. The molecule has 2 fully saturated rings. The first-order valence-electron chi connectivity index (χ1n) is 6.79. The molecule has 1 aliphatic heterocycles. The molecule has 0 aromatic rings. The molecule has 2 aliphatic rings. The van der Waals surface area contributed by atoms with Crippen LogP contribution in [0.2, 0.25) is 0 Å². The van der Waals surface area contributed by atoms with Gasteiger partial charge in [-0.25, -0.2) is 0 Å². The van der Waals surface area contributed by atoms with Crippen LogP contribution in [-0.4, -0.2) is 48.9 Å². The molecule has 1 saturated heterocycles. The molecule has 1 saturated carbocycles. The minimum absolute atomic E-state index is 0.559. The van der Waals surface area contributed by atoms with Crippen LogP contribution in [0, 0.1) is 11.3 Å². The summed E-state index contributed by atoms with van der Waals surface area (Å²) in [6, 6.07) is 0. The van der Waals surface area contributed by atoms with Crippen molar-refractivity contribution in [1.29, 1.82) is 5.41 Å². The average molecular weight is 223 g/mol. The Labute approximate surface area is 99.3 Å². The van der Waals surface area contributed by atoms with Gasteiger partial charge in [0.15, 0.2) is 0 Å². The fourth-order valence-electron chi connectivity index (χ4n) is 2.93. The van der Waals surface area contributed by atoms with Crippen molar-refractivity contribution in [3.8, 4) is 0 Å². The smallest absolute Gasteiger partial charge is 0.0987 e. The Kier molecular flexibility index (Phi) is 4.22. The standard InChI is InChI=1S/C13H25N3/c1-15(10-11-16-8-4-5-9-16)13(14)12-6-2-3-7-12/h12,14H,2-11H2,1H3. The lowest BCUT2D eigenvalue weighted by Crippen LogP contribution is -2.37. The number of rotatable bonds is 4. The summed E-state index contributed by atoms with van der Waals surface area (Å²) in [7, 11) is 2.09. The van der Waals surface area contributed by atoms with Crippen molar-refractivity contribution in [3.05, 3.63) is 0 Å². The number of likely N-dealkylation sites (tertiary alicyclic amines) is 1. The van der Waals surface area contributed by atoms with Crippen molar-refractivity contribution in [3.63, 3.8) is 0 Å². The molecular formula is C13H25N3. The Morgan fingerprint density at radius 3 is 2.44 bits per heavy atom. The van der Waals surface area contributed by atoms with Crippen LogP contribution in [0.4, 0.5) is 0 Å². The molecule has 0 bridgehead atoms. The van der Waals surface area contributed by atoms with Gasteiger partial charge in [-0.05, 0) is 38.8 Å². The first kappa shape index (κ1) is 11.9. The highest BCUT2D eigenvalue weighted by molar-refractivity contribution is 5.81. The van der Waals surface area contributed by atoms with E-state index in [-0.39, 0.29) is 0 Å². The molecule has 0 unspecified atom stereocenters. The first-order chi connectivity index (χ1) is 7.77. The quantitative estimate of drug-likeness (QED) is 0.585. The Morgan fingerprint density at radius 2 is 1.81 bits per heavy atom. The summed E-state index contributed by atoms with van der Waals surface area (Å²) in [5, 5.41) is 8.17. The number of hydrogen-bond donors (Lipinski definition) is 1. The summed E-state index contributed by atoms with van der Waals surface area (Å²) >= 11 is 0. The van der Waals surface area contributed by atoms with Crippen molar-refractivity contribution in [2.24, 2.45) is 5.92 Å². The van der Waals surface area contributed by atoms with Crippen LogP contribution in [0.1, 0.15) is 38.5 Å². The van der Waals surface area contributed by atoms with Crippen LogP contribution in [0.25, 0.3) is 0 Å². The van der Waals surface area contributed by atoms with E-state index in [0.717, 1.165) is 18.9 Å². The molecule has 92 valence electrons. The van der Waals surface area contributed by atoms with Gasteiger partial charge in [-0.3, -0.25) is 5.41 Å². The zero-order valence-electron chi connectivity index (χ0n) is 10.5. The lowest BCUT2D eigenvalue weighted by Gasteiger charge is -2.26. The van der Waals surface area contributed by atoms with Gasteiger partial charge in [-0.2, -0.15) is 0 Å². The highest BCUT2D eigenvalue weighted by Gasteiger charge is 2.22. The van der Waals surface area contributed by atoms with E-state index < -0.39 is 0 Å². The third-order valence-electron chi connectivity index (χ3n) is 4.10. The molecule has 0 atom stereocenters. The Bertz CT molecular complexity index is 227. The molecule has 3 heteroatoms. The van der Waals surface area contributed by atoms with E-state index in [9.17, 15) is 0 Å². The average Bonchev–Trinajstić information content (AvgIpc) is 2.96. The van der Waals surface area contributed by atoms with Gasteiger partial charge in [0.25, 0.3) is 0 Å². The third-order valence-corrected chi connectivity index (χ3v) is 4.10. The molecule has 0 radical (unpaired) electrons. The monoisotopic (exact) mass is 223 g/mol. The highest BCUT2D eigenvalue weighted by Crippen LogP contribution is 2.26. The van der Waals surface area contributed by atoms with Crippen LogP contribution in [0.3, 0.4) is 0 Å². The summed E-state index contributed by atoms with van der Waals surface area (Å²) in [4.78, 5) is 4.70. The Hall–Kier alpha value is -0.570. The molecule has 0 spiro atoms. The van der Waals surface area contributed by atoms with E-state index in [2.05, 4.69) is 16.8 Å². The number of amidine groups is 1. The summed E-state index contributed by atoms with van der Waals surface area (Å²) in [5.41, 5.74) is 0. The van der Waals surface area contributed by atoms with Crippen molar-refractivity contribution in [2.75, 3.05) is 33.2 Å². The first-order valence-corrected chi connectivity index (χ1v) is 6.79. The lowest BCUT2D eigenvalue weighted by molar-refractivity contribution is 0.302. The van der Waals surface area contributed by atoms with Gasteiger partial charge < -0.3 is 9.80 Å². The van der Waals surface area contributed by atoms with E-state index in [1.807, 2.05) is 0 Å². The molecule has 3 nitrogen and oxygen atoms in total.